The molecule has 0 aromatic carbocycles. The molecular weight excluding hydrogens is 334 g/mol. The summed E-state index contributed by atoms with van der Waals surface area (Å²) in [6.07, 6.45) is 4.83. The van der Waals surface area contributed by atoms with E-state index in [0.717, 1.165) is 0 Å². The van der Waals surface area contributed by atoms with Gasteiger partial charge in [-0.25, -0.2) is 9.48 Å². The van der Waals surface area contributed by atoms with E-state index in [9.17, 15) is 9.59 Å². The molecule has 1 N–H and O–H groups in total. The van der Waals surface area contributed by atoms with Crippen molar-refractivity contribution in [2.75, 3.05) is 5.32 Å². The van der Waals surface area contributed by atoms with E-state index >= 15 is 0 Å². The van der Waals surface area contributed by atoms with E-state index in [1.807, 2.05) is 6.07 Å². The SMILES string of the molecule is CCn1nc(C(=O)OCc2ccccn2)cc(Nc2cccnc2)c1=O. The minimum absolute atomic E-state index is 0.0258. The molecule has 0 unspecified atom stereocenters. The Kier molecular flexibility index (Phi) is 5.33. The number of nitrogens with one attached hydrogen (secondary N) is 1. The van der Waals surface area contributed by atoms with E-state index in [1.165, 1.54) is 10.7 Å². The predicted octanol–water partition coefficient (Wildman–Crippen LogP) is 2.15. The van der Waals surface area contributed by atoms with Gasteiger partial charge in [0.2, 0.25) is 0 Å². The van der Waals surface area contributed by atoms with Crippen molar-refractivity contribution in [3.63, 3.8) is 0 Å². The maximum atomic E-state index is 12.4. The van der Waals surface area contributed by atoms with E-state index in [-0.39, 0.29) is 23.5 Å². The van der Waals surface area contributed by atoms with E-state index in [0.29, 0.717) is 17.9 Å². The lowest BCUT2D eigenvalue weighted by molar-refractivity contribution is 0.0457. The van der Waals surface area contributed by atoms with Crippen LogP contribution in [0.2, 0.25) is 0 Å². The highest BCUT2D eigenvalue weighted by Gasteiger charge is 2.15. The Bertz CT molecular complexity index is 942. The molecule has 0 saturated heterocycles. The number of ether oxygens (including phenoxy) is 1. The lowest BCUT2D eigenvalue weighted by Crippen LogP contribution is -2.27. The van der Waals surface area contributed by atoms with E-state index in [4.69, 9.17) is 4.74 Å². The summed E-state index contributed by atoms with van der Waals surface area (Å²) in [6.45, 7) is 2.12. The molecule has 0 fully saturated rings. The summed E-state index contributed by atoms with van der Waals surface area (Å²) in [5, 5.41) is 7.02. The molecule has 0 bridgehead atoms. The number of hydrogen-bond acceptors (Lipinski definition) is 7. The zero-order valence-corrected chi connectivity index (χ0v) is 14.1. The highest BCUT2D eigenvalue weighted by molar-refractivity contribution is 5.88. The highest BCUT2D eigenvalue weighted by atomic mass is 16.5. The average molecular weight is 351 g/mol. The fraction of sp³-hybridized carbons (Fsp3) is 0.167. The van der Waals surface area contributed by atoms with E-state index < -0.39 is 5.97 Å². The van der Waals surface area contributed by atoms with Gasteiger partial charge in [0.1, 0.15) is 12.3 Å². The number of aromatic nitrogens is 4. The monoisotopic (exact) mass is 351 g/mol. The van der Waals surface area contributed by atoms with Gasteiger partial charge in [-0.2, -0.15) is 5.10 Å². The molecule has 0 atom stereocenters. The molecule has 0 aliphatic heterocycles. The molecule has 3 aromatic rings. The molecular formula is C18H17N5O3. The Hall–Kier alpha value is -3.55. The summed E-state index contributed by atoms with van der Waals surface area (Å²) in [6, 6.07) is 10.2. The van der Waals surface area contributed by atoms with E-state index in [2.05, 4.69) is 20.4 Å². The predicted molar refractivity (Wildman–Crippen MR) is 95.0 cm³/mol. The molecule has 8 heteroatoms. The van der Waals surface area contributed by atoms with Crippen LogP contribution in [0, 0.1) is 0 Å². The number of pyridine rings is 2. The maximum absolute atomic E-state index is 12.4. The lowest BCUT2D eigenvalue weighted by atomic mass is 10.3. The minimum Gasteiger partial charge on any atom is -0.454 e. The first-order valence-electron chi connectivity index (χ1n) is 8.03. The van der Waals surface area contributed by atoms with Crippen LogP contribution in [0.1, 0.15) is 23.1 Å². The summed E-state index contributed by atoms with van der Waals surface area (Å²) >= 11 is 0. The van der Waals surface area contributed by atoms with Crippen molar-refractivity contribution in [1.29, 1.82) is 0 Å². The third kappa shape index (κ3) is 4.10. The van der Waals surface area contributed by atoms with Gasteiger partial charge in [0.25, 0.3) is 5.56 Å². The van der Waals surface area contributed by atoms with Crippen LogP contribution in [0.25, 0.3) is 0 Å². The Morgan fingerprint density at radius 3 is 2.81 bits per heavy atom. The maximum Gasteiger partial charge on any atom is 0.359 e. The molecule has 0 saturated carbocycles. The number of aryl methyl sites for hydroxylation is 1. The Labute approximate surface area is 149 Å². The summed E-state index contributed by atoms with van der Waals surface area (Å²) in [5.74, 6) is -0.632. The van der Waals surface area contributed by atoms with Gasteiger partial charge in [-0.15, -0.1) is 0 Å². The number of carbonyl (C=O) groups is 1. The van der Waals surface area contributed by atoms with Crippen molar-refractivity contribution in [3.8, 4) is 0 Å². The van der Waals surface area contributed by atoms with Crippen molar-refractivity contribution >= 4 is 17.3 Å². The minimum atomic E-state index is -0.632. The summed E-state index contributed by atoms with van der Waals surface area (Å²) in [4.78, 5) is 32.8. The summed E-state index contributed by atoms with van der Waals surface area (Å²) < 4.78 is 6.44. The topological polar surface area (TPSA) is 99.0 Å². The van der Waals surface area contributed by atoms with Gasteiger partial charge in [0.05, 0.1) is 17.6 Å². The third-order valence-corrected chi connectivity index (χ3v) is 3.50. The van der Waals surface area contributed by atoms with Gasteiger partial charge in [-0.3, -0.25) is 14.8 Å². The Morgan fingerprint density at radius 2 is 2.12 bits per heavy atom. The molecule has 8 nitrogen and oxygen atoms in total. The van der Waals surface area contributed by atoms with Crippen LogP contribution in [0.4, 0.5) is 11.4 Å². The second-order valence-corrected chi connectivity index (χ2v) is 5.33. The molecule has 0 aliphatic rings. The summed E-state index contributed by atoms with van der Waals surface area (Å²) in [5.41, 5.74) is 1.18. The van der Waals surface area contributed by atoms with E-state index in [1.54, 1.807) is 49.8 Å². The van der Waals surface area contributed by atoms with Crippen LogP contribution in [0.15, 0.2) is 59.8 Å². The normalized spacial score (nSPS) is 10.3. The first kappa shape index (κ1) is 17.3. The fourth-order valence-corrected chi connectivity index (χ4v) is 2.23. The second kappa shape index (κ2) is 8.02. The molecule has 132 valence electrons. The zero-order chi connectivity index (χ0) is 18.4. The number of rotatable bonds is 6. The van der Waals surface area contributed by atoms with Crippen molar-refractivity contribution in [2.24, 2.45) is 0 Å². The molecule has 0 amide bonds. The number of nitrogens with zero attached hydrogens (tertiary/aromatic N) is 4. The van der Waals surface area contributed by atoms with Gasteiger partial charge < -0.3 is 10.1 Å². The smallest absolute Gasteiger partial charge is 0.359 e. The van der Waals surface area contributed by atoms with Gasteiger partial charge in [0, 0.05) is 25.0 Å². The fourth-order valence-electron chi connectivity index (χ4n) is 2.23. The first-order chi connectivity index (χ1) is 12.7. The van der Waals surface area contributed by atoms with Gasteiger partial charge in [-0.1, -0.05) is 6.07 Å². The van der Waals surface area contributed by atoms with Crippen LogP contribution in [-0.2, 0) is 17.9 Å². The second-order valence-electron chi connectivity index (χ2n) is 5.33. The molecule has 3 rings (SSSR count). The van der Waals surface area contributed by atoms with Gasteiger partial charge in [0.15, 0.2) is 5.69 Å². The van der Waals surface area contributed by atoms with Crippen molar-refractivity contribution in [1.82, 2.24) is 19.7 Å². The number of anilines is 2. The highest BCUT2D eigenvalue weighted by Crippen LogP contribution is 2.13. The number of carbonyl (C=O) groups excluding carboxylic acids is 1. The van der Waals surface area contributed by atoms with Crippen molar-refractivity contribution in [2.45, 2.75) is 20.1 Å². The quantitative estimate of drug-likeness (QED) is 0.679. The van der Waals surface area contributed by atoms with Gasteiger partial charge in [-0.05, 0) is 31.2 Å². The Balaban J connectivity index is 1.83. The molecule has 0 radical (unpaired) electrons. The van der Waals surface area contributed by atoms with Crippen LogP contribution in [0.5, 0.6) is 0 Å². The van der Waals surface area contributed by atoms with Crippen LogP contribution >= 0.6 is 0 Å². The van der Waals surface area contributed by atoms with Crippen molar-refractivity contribution < 1.29 is 9.53 Å². The Morgan fingerprint density at radius 1 is 1.23 bits per heavy atom. The third-order valence-electron chi connectivity index (χ3n) is 3.50. The number of hydrogen-bond donors (Lipinski definition) is 1. The van der Waals surface area contributed by atoms with Gasteiger partial charge >= 0.3 is 5.97 Å². The lowest BCUT2D eigenvalue weighted by Gasteiger charge is -2.10. The summed E-state index contributed by atoms with van der Waals surface area (Å²) in [7, 11) is 0. The van der Waals surface area contributed by atoms with Crippen LogP contribution < -0.4 is 10.9 Å². The molecule has 26 heavy (non-hydrogen) atoms. The molecule has 3 aromatic heterocycles. The number of esters is 1. The molecule has 3 heterocycles. The first-order valence-corrected chi connectivity index (χ1v) is 8.03. The standard InChI is InChI=1S/C18H17N5O3/c1-2-23-17(24)15(21-13-7-5-8-19-11-13)10-16(22-23)18(25)26-12-14-6-3-4-9-20-14/h3-11,21H,2,12H2,1H3. The molecule has 0 spiro atoms. The van der Waals surface area contributed by atoms with Crippen molar-refractivity contribution in [3.05, 3.63) is 76.7 Å². The van der Waals surface area contributed by atoms with Crippen LogP contribution in [0.3, 0.4) is 0 Å². The van der Waals surface area contributed by atoms with Crippen LogP contribution in [-0.4, -0.2) is 25.7 Å². The molecule has 0 aliphatic carbocycles. The average Bonchev–Trinajstić information content (AvgIpc) is 2.69. The zero-order valence-electron chi connectivity index (χ0n) is 14.1. The largest absolute Gasteiger partial charge is 0.454 e.